The molecule has 4 rings (SSSR count). The third-order valence-electron chi connectivity index (χ3n) is 5.49. The van der Waals surface area contributed by atoms with Crippen LogP contribution < -0.4 is 0 Å². The third-order valence-corrected chi connectivity index (χ3v) is 5.49. The summed E-state index contributed by atoms with van der Waals surface area (Å²) in [6.07, 6.45) is 2.58. The number of rotatable bonds is 2. The number of aryl methyl sites for hydroxylation is 1. The summed E-state index contributed by atoms with van der Waals surface area (Å²) in [4.78, 5) is 25.4. The first-order valence-corrected chi connectivity index (χ1v) is 8.38. The van der Waals surface area contributed by atoms with Crippen molar-refractivity contribution in [1.29, 1.82) is 0 Å². The molecule has 0 spiro atoms. The van der Waals surface area contributed by atoms with Gasteiger partial charge in [-0.2, -0.15) is 0 Å². The lowest BCUT2D eigenvalue weighted by Gasteiger charge is -2.26. The monoisotopic (exact) mass is 304 g/mol. The van der Waals surface area contributed by atoms with Crippen molar-refractivity contribution in [3.63, 3.8) is 0 Å². The van der Waals surface area contributed by atoms with Crippen LogP contribution in [-0.2, 0) is 9.59 Å². The molecule has 2 aliphatic rings. The van der Waals surface area contributed by atoms with Crippen molar-refractivity contribution in [2.75, 3.05) is 0 Å². The van der Waals surface area contributed by atoms with E-state index in [1.54, 1.807) is 0 Å². The quantitative estimate of drug-likeness (QED) is 0.775. The first-order chi connectivity index (χ1) is 11.1. The number of hydrogen-bond donors (Lipinski definition) is 0. The lowest BCUT2D eigenvalue weighted by atomic mass is 9.74. The fourth-order valence-corrected chi connectivity index (χ4v) is 4.23. The van der Waals surface area contributed by atoms with E-state index < -0.39 is 5.92 Å². The lowest BCUT2D eigenvalue weighted by Crippen LogP contribution is -2.35. The predicted octanol–water partition coefficient (Wildman–Crippen LogP) is 4.31. The number of carbonyl (C=O) groups excluding carboxylic acids is 2. The molecular formula is C21H20O2. The molecule has 2 aliphatic carbocycles. The molecule has 0 amide bonds. The van der Waals surface area contributed by atoms with Crippen LogP contribution in [-0.4, -0.2) is 11.6 Å². The van der Waals surface area contributed by atoms with E-state index in [1.165, 1.54) is 0 Å². The molecule has 0 aromatic heterocycles. The van der Waals surface area contributed by atoms with Crippen molar-refractivity contribution >= 4 is 11.6 Å². The Labute approximate surface area is 136 Å². The average molecular weight is 304 g/mol. The van der Waals surface area contributed by atoms with Crippen LogP contribution in [0, 0.1) is 18.8 Å². The molecule has 3 atom stereocenters. The van der Waals surface area contributed by atoms with Crippen LogP contribution in [0.5, 0.6) is 0 Å². The summed E-state index contributed by atoms with van der Waals surface area (Å²) in [5, 5.41) is 0. The van der Waals surface area contributed by atoms with Gasteiger partial charge in [0, 0.05) is 11.8 Å². The van der Waals surface area contributed by atoms with Gasteiger partial charge in [0.1, 0.15) is 5.92 Å². The highest BCUT2D eigenvalue weighted by Gasteiger charge is 2.47. The van der Waals surface area contributed by atoms with E-state index in [0.29, 0.717) is 0 Å². The Balaban J connectivity index is 1.72. The maximum Gasteiger partial charge on any atom is 0.150 e. The van der Waals surface area contributed by atoms with Crippen LogP contribution >= 0.6 is 0 Å². The van der Waals surface area contributed by atoms with Crippen molar-refractivity contribution in [2.45, 2.75) is 32.1 Å². The molecule has 2 bridgehead atoms. The van der Waals surface area contributed by atoms with E-state index in [0.717, 1.165) is 41.5 Å². The normalized spacial score (nSPS) is 26.6. The van der Waals surface area contributed by atoms with E-state index in [1.807, 2.05) is 37.3 Å². The maximum absolute atomic E-state index is 12.7. The fourth-order valence-electron chi connectivity index (χ4n) is 4.23. The summed E-state index contributed by atoms with van der Waals surface area (Å²) in [6, 6.07) is 16.3. The maximum atomic E-state index is 12.7. The lowest BCUT2D eigenvalue weighted by molar-refractivity contribution is -0.135. The Morgan fingerprint density at radius 1 is 0.826 bits per heavy atom. The Morgan fingerprint density at radius 3 is 2.09 bits per heavy atom. The molecule has 0 saturated heterocycles. The third kappa shape index (κ3) is 2.33. The van der Waals surface area contributed by atoms with Crippen molar-refractivity contribution in [3.05, 3.63) is 59.7 Å². The molecule has 23 heavy (non-hydrogen) atoms. The summed E-state index contributed by atoms with van der Waals surface area (Å²) in [6.45, 7) is 2.01. The van der Waals surface area contributed by atoms with Crippen molar-refractivity contribution in [2.24, 2.45) is 11.8 Å². The molecule has 2 heteroatoms. The summed E-state index contributed by atoms with van der Waals surface area (Å²) in [5.41, 5.74) is 4.24. The molecule has 2 aromatic rings. The van der Waals surface area contributed by atoms with Gasteiger partial charge in [-0.15, -0.1) is 0 Å². The van der Waals surface area contributed by atoms with Crippen molar-refractivity contribution in [3.8, 4) is 11.1 Å². The van der Waals surface area contributed by atoms with Gasteiger partial charge in [0.15, 0.2) is 11.6 Å². The summed E-state index contributed by atoms with van der Waals surface area (Å²) >= 11 is 0. The van der Waals surface area contributed by atoms with Gasteiger partial charge in [-0.3, -0.25) is 9.59 Å². The van der Waals surface area contributed by atoms with Crippen LogP contribution in [0.4, 0.5) is 0 Å². The highest BCUT2D eigenvalue weighted by Crippen LogP contribution is 2.44. The van der Waals surface area contributed by atoms with Gasteiger partial charge in [-0.25, -0.2) is 0 Å². The van der Waals surface area contributed by atoms with Gasteiger partial charge in [0.2, 0.25) is 0 Å². The summed E-state index contributed by atoms with van der Waals surface area (Å²) in [7, 11) is 0. The van der Waals surface area contributed by atoms with Crippen molar-refractivity contribution in [1.82, 2.24) is 0 Å². The second-order valence-electron chi connectivity index (χ2n) is 6.88. The molecule has 0 heterocycles. The van der Waals surface area contributed by atoms with E-state index in [-0.39, 0.29) is 23.4 Å². The van der Waals surface area contributed by atoms with Crippen molar-refractivity contribution < 1.29 is 9.59 Å². The van der Waals surface area contributed by atoms with Gasteiger partial charge in [0.05, 0.1) is 0 Å². The molecule has 2 fully saturated rings. The molecule has 0 radical (unpaired) electrons. The number of fused-ring (bicyclic) bond motifs is 2. The molecule has 2 nitrogen and oxygen atoms in total. The van der Waals surface area contributed by atoms with E-state index in [4.69, 9.17) is 0 Å². The van der Waals surface area contributed by atoms with Crippen LogP contribution in [0.2, 0.25) is 0 Å². The fraction of sp³-hybridized carbons (Fsp3) is 0.333. The summed E-state index contributed by atoms with van der Waals surface area (Å²) < 4.78 is 0. The molecule has 2 saturated carbocycles. The average Bonchev–Trinajstić information content (AvgIpc) is 3.03. The van der Waals surface area contributed by atoms with Gasteiger partial charge in [-0.1, -0.05) is 48.5 Å². The minimum atomic E-state index is -0.522. The zero-order chi connectivity index (χ0) is 16.0. The molecule has 0 aliphatic heterocycles. The second-order valence-corrected chi connectivity index (χ2v) is 6.88. The molecule has 0 N–H and O–H groups in total. The Hall–Kier alpha value is -2.22. The first kappa shape index (κ1) is 14.4. The zero-order valence-corrected chi connectivity index (χ0v) is 13.3. The highest BCUT2D eigenvalue weighted by molar-refractivity contribution is 6.12. The SMILES string of the molecule is Cc1cc(-c2ccccc2)ccc1C1C(=O)[C@@H]2CC[C@@H](C2)C1=O. The largest absolute Gasteiger partial charge is 0.298 e. The zero-order valence-electron chi connectivity index (χ0n) is 13.3. The number of ketones is 2. The van der Waals surface area contributed by atoms with E-state index in [9.17, 15) is 9.59 Å². The number of benzene rings is 2. The van der Waals surface area contributed by atoms with Gasteiger partial charge in [0.25, 0.3) is 0 Å². The van der Waals surface area contributed by atoms with Gasteiger partial charge < -0.3 is 0 Å². The molecule has 116 valence electrons. The first-order valence-electron chi connectivity index (χ1n) is 8.38. The molecular weight excluding hydrogens is 284 g/mol. The highest BCUT2D eigenvalue weighted by atomic mass is 16.2. The number of hydrogen-bond acceptors (Lipinski definition) is 2. The predicted molar refractivity (Wildman–Crippen MR) is 90.2 cm³/mol. The van der Waals surface area contributed by atoms with Crippen LogP contribution in [0.25, 0.3) is 11.1 Å². The Bertz CT molecular complexity index is 754. The van der Waals surface area contributed by atoms with Crippen LogP contribution in [0.1, 0.15) is 36.3 Å². The Morgan fingerprint density at radius 2 is 1.48 bits per heavy atom. The van der Waals surface area contributed by atoms with Crippen LogP contribution in [0.15, 0.2) is 48.5 Å². The number of Topliss-reactive ketones (excluding diaryl/α,β-unsaturated/α-hetero) is 2. The molecule has 2 aromatic carbocycles. The topological polar surface area (TPSA) is 34.1 Å². The molecule has 1 unspecified atom stereocenters. The van der Waals surface area contributed by atoms with Crippen LogP contribution in [0.3, 0.4) is 0 Å². The van der Waals surface area contributed by atoms with E-state index >= 15 is 0 Å². The second kappa shape index (κ2) is 5.45. The minimum Gasteiger partial charge on any atom is -0.298 e. The number of carbonyl (C=O) groups is 2. The van der Waals surface area contributed by atoms with Gasteiger partial charge >= 0.3 is 0 Å². The van der Waals surface area contributed by atoms with E-state index in [2.05, 4.69) is 18.2 Å². The summed E-state index contributed by atoms with van der Waals surface area (Å²) in [5.74, 6) is -0.00325. The smallest absolute Gasteiger partial charge is 0.150 e. The van der Waals surface area contributed by atoms with Gasteiger partial charge in [-0.05, 0) is 48.4 Å². The minimum absolute atomic E-state index is 0.107. The Kier molecular flexibility index (Phi) is 3.41. The standard InChI is InChI=1S/C21H20O2/c1-13-11-15(14-5-3-2-4-6-14)9-10-18(13)19-20(22)16-7-8-17(12-16)21(19)23/h2-6,9-11,16-17,19H,7-8,12H2,1H3/t16-,17+,19?.